The molecule has 2 rings (SSSR count). The van der Waals surface area contributed by atoms with Crippen molar-refractivity contribution in [1.29, 1.82) is 0 Å². The number of hydrogen-bond acceptors (Lipinski definition) is 5. The number of amides is 1. The number of aromatic nitrogens is 3. The average Bonchev–Trinajstić information content (AvgIpc) is 3.05. The molecule has 2 heterocycles. The Morgan fingerprint density at radius 1 is 1.45 bits per heavy atom. The molecule has 0 saturated heterocycles. The lowest BCUT2D eigenvalue weighted by Crippen LogP contribution is -2.27. The van der Waals surface area contributed by atoms with E-state index in [1.165, 1.54) is 28.3 Å². The average molecular weight is 292 g/mol. The Balaban J connectivity index is 1.82. The van der Waals surface area contributed by atoms with E-state index in [9.17, 15) is 9.59 Å². The minimum atomic E-state index is -0.985. The molecule has 2 N–H and O–H groups in total. The van der Waals surface area contributed by atoms with Crippen LogP contribution in [0.1, 0.15) is 9.75 Å². The number of rotatable bonds is 6. The van der Waals surface area contributed by atoms with Crippen molar-refractivity contribution in [3.05, 3.63) is 40.4 Å². The van der Waals surface area contributed by atoms with E-state index in [2.05, 4.69) is 15.6 Å². The van der Waals surface area contributed by atoms with Gasteiger partial charge in [0.15, 0.2) is 0 Å². The van der Waals surface area contributed by atoms with Crippen molar-refractivity contribution in [3.63, 3.8) is 0 Å². The first-order valence-electron chi connectivity index (χ1n) is 5.74. The van der Waals surface area contributed by atoms with Gasteiger partial charge in [0.1, 0.15) is 6.54 Å². The number of carbonyl (C=O) groups is 2. The molecule has 7 nitrogen and oxygen atoms in total. The van der Waals surface area contributed by atoms with Crippen LogP contribution in [-0.2, 0) is 22.7 Å². The van der Waals surface area contributed by atoms with Crippen LogP contribution in [0.5, 0.6) is 0 Å². The Morgan fingerprint density at radius 3 is 3.00 bits per heavy atom. The van der Waals surface area contributed by atoms with Crippen molar-refractivity contribution in [2.24, 2.45) is 0 Å². The predicted octanol–water partition coefficient (Wildman–Crippen LogP) is 0.754. The van der Waals surface area contributed by atoms with Crippen LogP contribution in [0.25, 0.3) is 6.08 Å². The van der Waals surface area contributed by atoms with Gasteiger partial charge in [0.05, 0.1) is 12.7 Å². The normalized spacial score (nSPS) is 10.8. The smallest absolute Gasteiger partial charge is 0.328 e. The lowest BCUT2D eigenvalue weighted by Gasteiger charge is -2.02. The van der Waals surface area contributed by atoms with Gasteiger partial charge in [0, 0.05) is 22.0 Å². The maximum atomic E-state index is 11.6. The Labute approximate surface area is 118 Å². The van der Waals surface area contributed by atoms with Gasteiger partial charge in [-0.25, -0.2) is 9.48 Å². The van der Waals surface area contributed by atoms with Crippen molar-refractivity contribution in [3.8, 4) is 0 Å². The van der Waals surface area contributed by atoms with Crippen molar-refractivity contribution < 1.29 is 14.7 Å². The Morgan fingerprint density at radius 2 is 2.30 bits per heavy atom. The number of nitrogens with zero attached hydrogens (tertiary/aromatic N) is 3. The van der Waals surface area contributed by atoms with Crippen molar-refractivity contribution >= 4 is 29.3 Å². The fraction of sp³-hybridized carbons (Fsp3) is 0.167. The van der Waals surface area contributed by atoms with Gasteiger partial charge in [-0.2, -0.15) is 0 Å². The molecular formula is C12H12N4O3S. The highest BCUT2D eigenvalue weighted by molar-refractivity contribution is 7.12. The quantitative estimate of drug-likeness (QED) is 0.766. The molecule has 0 saturated carbocycles. The first kappa shape index (κ1) is 13.9. The second-order valence-corrected chi connectivity index (χ2v) is 5.05. The van der Waals surface area contributed by atoms with Crippen LogP contribution >= 0.6 is 11.3 Å². The molecule has 0 fully saturated rings. The van der Waals surface area contributed by atoms with Gasteiger partial charge in [0.2, 0.25) is 5.91 Å². The van der Waals surface area contributed by atoms with Crippen LogP contribution in [0.3, 0.4) is 0 Å². The highest BCUT2D eigenvalue weighted by Gasteiger charge is 2.04. The summed E-state index contributed by atoms with van der Waals surface area (Å²) in [5.74, 6) is -1.15. The molecule has 0 spiro atoms. The van der Waals surface area contributed by atoms with Crippen molar-refractivity contribution in [1.82, 2.24) is 20.3 Å². The molecule has 0 aliphatic rings. The summed E-state index contributed by atoms with van der Waals surface area (Å²) in [6.45, 7) is 0.524. The summed E-state index contributed by atoms with van der Waals surface area (Å²) in [6, 6.07) is 3.66. The molecule has 0 radical (unpaired) electrons. The Hall–Kier alpha value is -2.48. The summed E-state index contributed by atoms with van der Waals surface area (Å²) < 4.78 is 1.44. The molecule has 2 aromatic heterocycles. The molecule has 0 aromatic carbocycles. The first-order chi connectivity index (χ1) is 9.63. The summed E-state index contributed by atoms with van der Waals surface area (Å²) in [4.78, 5) is 23.8. The maximum Gasteiger partial charge on any atom is 0.328 e. The SMILES string of the molecule is O=C(O)/C=C/c1ccc(CNC(=O)Cn2ccnn2)s1. The second kappa shape index (κ2) is 6.62. The van der Waals surface area contributed by atoms with Gasteiger partial charge >= 0.3 is 5.97 Å². The molecule has 1 amide bonds. The summed E-state index contributed by atoms with van der Waals surface area (Å²) in [6.07, 6.45) is 5.72. The Kier molecular flexibility index (Phi) is 4.61. The van der Waals surface area contributed by atoms with Crippen LogP contribution in [0.4, 0.5) is 0 Å². The zero-order chi connectivity index (χ0) is 14.4. The number of carboxylic acid groups (broad SMARTS) is 1. The van der Waals surface area contributed by atoms with E-state index in [-0.39, 0.29) is 12.5 Å². The number of carboxylic acids is 1. The fourth-order valence-electron chi connectivity index (χ4n) is 1.44. The van der Waals surface area contributed by atoms with E-state index in [0.717, 1.165) is 15.8 Å². The number of hydrogen-bond donors (Lipinski definition) is 2. The minimum absolute atomic E-state index is 0.122. The van der Waals surface area contributed by atoms with Crippen LogP contribution in [0.15, 0.2) is 30.6 Å². The van der Waals surface area contributed by atoms with Gasteiger partial charge in [-0.15, -0.1) is 16.4 Å². The molecule has 0 atom stereocenters. The summed E-state index contributed by atoms with van der Waals surface area (Å²) >= 11 is 1.43. The fourth-order valence-corrected chi connectivity index (χ4v) is 2.29. The zero-order valence-electron chi connectivity index (χ0n) is 10.4. The second-order valence-electron chi connectivity index (χ2n) is 3.85. The molecule has 0 bridgehead atoms. The van der Waals surface area contributed by atoms with Gasteiger partial charge in [-0.05, 0) is 18.2 Å². The van der Waals surface area contributed by atoms with Gasteiger partial charge < -0.3 is 10.4 Å². The third-order valence-corrected chi connectivity index (χ3v) is 3.36. The third-order valence-electron chi connectivity index (χ3n) is 2.31. The monoisotopic (exact) mass is 292 g/mol. The van der Waals surface area contributed by atoms with Crippen LogP contribution in [-0.4, -0.2) is 32.0 Å². The third kappa shape index (κ3) is 4.32. The summed E-state index contributed by atoms with van der Waals surface area (Å²) in [5.41, 5.74) is 0. The standard InChI is InChI=1S/C12H12N4O3S/c17-11(8-16-6-5-14-15-16)13-7-10-2-1-9(20-10)3-4-12(18)19/h1-6H,7-8H2,(H,13,17)(H,18,19)/b4-3+. The Bertz CT molecular complexity index is 618. The van der Waals surface area contributed by atoms with Gasteiger partial charge in [-0.3, -0.25) is 4.79 Å². The van der Waals surface area contributed by atoms with E-state index in [1.807, 2.05) is 12.1 Å². The summed E-state index contributed by atoms with van der Waals surface area (Å²) in [7, 11) is 0. The van der Waals surface area contributed by atoms with E-state index < -0.39 is 5.97 Å². The van der Waals surface area contributed by atoms with Crippen molar-refractivity contribution in [2.45, 2.75) is 13.1 Å². The summed E-state index contributed by atoms with van der Waals surface area (Å²) in [5, 5.41) is 18.6. The van der Waals surface area contributed by atoms with Crippen LogP contribution in [0, 0.1) is 0 Å². The van der Waals surface area contributed by atoms with E-state index in [0.29, 0.717) is 6.54 Å². The molecule has 2 aromatic rings. The molecule has 20 heavy (non-hydrogen) atoms. The number of nitrogens with one attached hydrogen (secondary N) is 1. The number of thiophene rings is 1. The molecule has 0 aliphatic carbocycles. The van der Waals surface area contributed by atoms with E-state index in [4.69, 9.17) is 5.11 Å². The van der Waals surface area contributed by atoms with Crippen LogP contribution in [0.2, 0.25) is 0 Å². The maximum absolute atomic E-state index is 11.6. The number of aliphatic carboxylic acids is 1. The molecule has 104 valence electrons. The largest absolute Gasteiger partial charge is 0.478 e. The highest BCUT2D eigenvalue weighted by Crippen LogP contribution is 2.17. The highest BCUT2D eigenvalue weighted by atomic mass is 32.1. The molecule has 0 aliphatic heterocycles. The molecular weight excluding hydrogens is 280 g/mol. The van der Waals surface area contributed by atoms with Crippen molar-refractivity contribution in [2.75, 3.05) is 0 Å². The molecule has 8 heteroatoms. The topological polar surface area (TPSA) is 97.1 Å². The van der Waals surface area contributed by atoms with E-state index >= 15 is 0 Å². The first-order valence-corrected chi connectivity index (χ1v) is 6.55. The zero-order valence-corrected chi connectivity index (χ0v) is 11.2. The van der Waals surface area contributed by atoms with E-state index in [1.54, 1.807) is 6.20 Å². The van der Waals surface area contributed by atoms with Gasteiger partial charge in [-0.1, -0.05) is 5.21 Å². The molecule has 0 unspecified atom stereocenters. The lowest BCUT2D eigenvalue weighted by atomic mass is 10.4. The number of carbonyl (C=O) groups excluding carboxylic acids is 1. The predicted molar refractivity (Wildman–Crippen MR) is 72.9 cm³/mol. The minimum Gasteiger partial charge on any atom is -0.478 e. The lowest BCUT2D eigenvalue weighted by molar-refractivity contribution is -0.131. The van der Waals surface area contributed by atoms with Crippen LogP contribution < -0.4 is 5.32 Å². The van der Waals surface area contributed by atoms with Gasteiger partial charge in [0.25, 0.3) is 0 Å².